The Balaban J connectivity index is -0.000000402. The summed E-state index contributed by atoms with van der Waals surface area (Å²) in [7, 11) is 0. The number of Topliss-reactive ketones (excluding diaryl/α,β-unsaturated/α-hetero) is 1. The molecule has 0 heterocycles. The van der Waals surface area contributed by atoms with Crippen molar-refractivity contribution in [3.05, 3.63) is 74.5 Å². The summed E-state index contributed by atoms with van der Waals surface area (Å²) in [5.41, 5.74) is 1.16. The summed E-state index contributed by atoms with van der Waals surface area (Å²) in [6, 6.07) is 11.7. The predicted octanol–water partition coefficient (Wildman–Crippen LogP) is 5.19. The van der Waals surface area contributed by atoms with Gasteiger partial charge in [0.1, 0.15) is 0 Å². The van der Waals surface area contributed by atoms with Gasteiger partial charge in [-0.3, -0.25) is 4.79 Å². The first-order valence-corrected chi connectivity index (χ1v) is 10.2. The summed E-state index contributed by atoms with van der Waals surface area (Å²) in [6.45, 7) is 11.8. The largest absolute Gasteiger partial charge is 2.00 e. The molecule has 0 unspecified atom stereocenters. The molecule has 0 aliphatic rings. The fourth-order valence-corrected chi connectivity index (χ4v) is 2.32. The molecule has 0 aliphatic carbocycles. The number of nitriles is 1. The first-order chi connectivity index (χ1) is 13.0. The second-order valence-corrected chi connectivity index (χ2v) is 8.41. The van der Waals surface area contributed by atoms with Crippen LogP contribution in [0.3, 0.4) is 0 Å². The Kier molecular flexibility index (Phi) is 21.4. The van der Waals surface area contributed by atoms with Gasteiger partial charge in [-0.05, 0) is 42.3 Å². The van der Waals surface area contributed by atoms with Gasteiger partial charge in [-0.15, -0.1) is 0 Å². The van der Waals surface area contributed by atoms with Crippen molar-refractivity contribution in [3.8, 4) is 6.07 Å². The van der Waals surface area contributed by atoms with Crippen molar-refractivity contribution in [2.75, 3.05) is 0 Å². The van der Waals surface area contributed by atoms with Crippen molar-refractivity contribution in [3.63, 3.8) is 0 Å². The molecular formula is C22H24BrCl4MgNO. The third-order valence-corrected chi connectivity index (χ3v) is 4.36. The predicted molar refractivity (Wildman–Crippen MR) is 127 cm³/mol. The molecule has 8 heteroatoms. The number of rotatable bonds is 3. The average molecular weight is 564 g/mol. The Morgan fingerprint density at radius 3 is 1.73 bits per heavy atom. The van der Waals surface area contributed by atoms with Crippen LogP contribution in [0.2, 0.25) is 20.1 Å². The maximum absolute atomic E-state index is 11.6. The van der Waals surface area contributed by atoms with Gasteiger partial charge >= 0.3 is 23.1 Å². The van der Waals surface area contributed by atoms with Crippen LogP contribution in [-0.2, 0) is 0 Å². The molecule has 2 aromatic rings. The van der Waals surface area contributed by atoms with Gasteiger partial charge in [0, 0.05) is 12.0 Å². The van der Waals surface area contributed by atoms with Crippen LogP contribution in [0.4, 0.5) is 0 Å². The number of ketones is 1. The van der Waals surface area contributed by atoms with Crippen LogP contribution in [0.5, 0.6) is 0 Å². The van der Waals surface area contributed by atoms with Gasteiger partial charge in [0.2, 0.25) is 0 Å². The molecule has 2 rings (SSSR count). The Hall–Kier alpha value is 0.00623. The Morgan fingerprint density at radius 2 is 1.37 bits per heavy atom. The fourth-order valence-electron chi connectivity index (χ4n) is 1.72. The van der Waals surface area contributed by atoms with Crippen LogP contribution in [-0.4, -0.2) is 28.8 Å². The second kappa shape index (κ2) is 18.6. The molecule has 30 heavy (non-hydrogen) atoms. The summed E-state index contributed by atoms with van der Waals surface area (Å²) < 4.78 is 0. The van der Waals surface area contributed by atoms with Gasteiger partial charge in [0.15, 0.2) is 5.78 Å². The van der Waals surface area contributed by atoms with Crippen molar-refractivity contribution < 1.29 is 21.8 Å². The van der Waals surface area contributed by atoms with Gasteiger partial charge in [0.05, 0.1) is 31.7 Å². The zero-order chi connectivity index (χ0) is 21.9. The van der Waals surface area contributed by atoms with E-state index in [0.29, 0.717) is 49.5 Å². The van der Waals surface area contributed by atoms with E-state index in [0.717, 1.165) is 0 Å². The van der Waals surface area contributed by atoms with E-state index in [1.54, 1.807) is 30.3 Å². The smallest absolute Gasteiger partial charge is 1.00 e. The molecule has 0 amide bonds. The zero-order valence-electron chi connectivity index (χ0n) is 17.5. The Morgan fingerprint density at radius 1 is 0.933 bits per heavy atom. The van der Waals surface area contributed by atoms with Crippen LogP contribution in [0.15, 0.2) is 36.4 Å². The molecule has 0 spiro atoms. The molecule has 160 valence electrons. The minimum Gasteiger partial charge on any atom is -1.00 e. The van der Waals surface area contributed by atoms with Gasteiger partial charge in [-0.2, -0.15) is 11.2 Å². The normalized spacial score (nSPS) is 9.13. The zero-order valence-corrected chi connectivity index (χ0v) is 23.5. The molecule has 0 saturated carbocycles. The molecule has 0 radical (unpaired) electrons. The van der Waals surface area contributed by atoms with Crippen molar-refractivity contribution in [1.82, 2.24) is 0 Å². The topological polar surface area (TPSA) is 40.9 Å². The molecule has 0 bridgehead atoms. The number of hydrogen-bond acceptors (Lipinski definition) is 2. The minimum atomic E-state index is 0. The van der Waals surface area contributed by atoms with Crippen molar-refractivity contribution >= 4 is 75.2 Å². The van der Waals surface area contributed by atoms with E-state index >= 15 is 0 Å². The van der Waals surface area contributed by atoms with E-state index < -0.39 is 0 Å². The Bertz CT molecular complexity index is 821. The quantitative estimate of drug-likeness (QED) is 0.293. The first-order valence-electron chi connectivity index (χ1n) is 8.64. The molecule has 0 N–H and O–H groups in total. The van der Waals surface area contributed by atoms with E-state index in [-0.39, 0.29) is 45.8 Å². The summed E-state index contributed by atoms with van der Waals surface area (Å²) in [6.07, 6.45) is 0.540. The van der Waals surface area contributed by atoms with Gasteiger partial charge in [0.25, 0.3) is 0 Å². The summed E-state index contributed by atoms with van der Waals surface area (Å²) in [5.74, 6) is 1.05. The third kappa shape index (κ3) is 15.8. The van der Waals surface area contributed by atoms with Crippen LogP contribution >= 0.6 is 46.4 Å². The van der Waals surface area contributed by atoms with E-state index in [2.05, 4.69) is 20.8 Å². The minimum absolute atomic E-state index is 0. The second-order valence-electron chi connectivity index (χ2n) is 6.78. The molecule has 0 saturated heterocycles. The molecule has 0 fully saturated rings. The SMILES string of the molecule is CC(C)CC(=O)c1ccc(Cl)c(Cl)c1.N#Cc1ccc(Cl)c(Cl)c1.[Br-].[CH2-]C(C)C.[Mg+2]. The molecule has 0 aromatic heterocycles. The molecule has 2 aromatic carbocycles. The van der Waals surface area contributed by atoms with Crippen molar-refractivity contribution in [2.45, 2.75) is 34.1 Å². The molecule has 2 nitrogen and oxygen atoms in total. The monoisotopic (exact) mass is 561 g/mol. The van der Waals surface area contributed by atoms with Crippen molar-refractivity contribution in [2.24, 2.45) is 11.8 Å². The molecular weight excluding hydrogens is 540 g/mol. The van der Waals surface area contributed by atoms with E-state index in [9.17, 15) is 4.79 Å². The molecule has 0 atom stereocenters. The van der Waals surface area contributed by atoms with Gasteiger partial charge in [-0.1, -0.05) is 74.1 Å². The summed E-state index contributed by atoms with van der Waals surface area (Å²) in [5, 5.41) is 10.2. The number of carbonyl (C=O) groups excluding carboxylic acids is 1. The average Bonchev–Trinajstić information content (AvgIpc) is 2.59. The number of carbonyl (C=O) groups is 1. The number of hydrogen-bond donors (Lipinski definition) is 0. The maximum atomic E-state index is 11.6. The fraction of sp³-hybridized carbons (Fsp3) is 0.318. The maximum Gasteiger partial charge on any atom is 2.00 e. The summed E-state index contributed by atoms with van der Waals surface area (Å²) in [4.78, 5) is 11.6. The van der Waals surface area contributed by atoms with E-state index in [4.69, 9.17) is 51.7 Å². The van der Waals surface area contributed by atoms with Gasteiger partial charge in [-0.25, -0.2) is 0 Å². The van der Waals surface area contributed by atoms with Crippen LogP contribution < -0.4 is 17.0 Å². The number of halogens is 5. The number of benzene rings is 2. The standard InChI is InChI=1S/C11H12Cl2O.C7H3Cl2N.C4H9.BrH.Mg/c1-7(2)5-11(14)8-3-4-9(12)10(13)6-8;8-6-2-1-5(4-10)3-7(6)9;1-4(2)3;;/h3-4,6-7H,5H2,1-2H3;1-3H;4H,1H2,2-3H3;1H;/q;;-1;;+2/p-1. The van der Waals surface area contributed by atoms with E-state index in [1.165, 1.54) is 6.07 Å². The van der Waals surface area contributed by atoms with Crippen molar-refractivity contribution in [1.29, 1.82) is 5.26 Å². The third-order valence-electron chi connectivity index (χ3n) is 2.88. The first kappa shape index (κ1) is 34.6. The summed E-state index contributed by atoms with van der Waals surface area (Å²) >= 11 is 22.8. The van der Waals surface area contributed by atoms with Gasteiger partial charge < -0.3 is 23.9 Å². The van der Waals surface area contributed by atoms with Crippen LogP contribution in [0.25, 0.3) is 0 Å². The molecule has 0 aliphatic heterocycles. The van der Waals surface area contributed by atoms with Crippen LogP contribution in [0.1, 0.15) is 50.0 Å². The number of nitrogens with zero attached hydrogens (tertiary/aromatic N) is 1. The van der Waals surface area contributed by atoms with Crippen LogP contribution in [0, 0.1) is 30.1 Å². The van der Waals surface area contributed by atoms with E-state index in [1.807, 2.05) is 19.9 Å². The Labute approximate surface area is 227 Å².